The number of fused-ring (bicyclic) bond motifs is 2. The van der Waals surface area contributed by atoms with Gasteiger partial charge in [0.25, 0.3) is 5.92 Å². The average molecular weight is 446 g/mol. The summed E-state index contributed by atoms with van der Waals surface area (Å²) >= 11 is 1.42. The van der Waals surface area contributed by atoms with E-state index in [9.17, 15) is 23.5 Å². The summed E-state index contributed by atoms with van der Waals surface area (Å²) in [6, 6.07) is 2.09. The first-order valence-corrected chi connectivity index (χ1v) is 10.8. The Morgan fingerprint density at radius 3 is 2.71 bits per heavy atom. The Morgan fingerprint density at radius 2 is 2.06 bits per heavy atom. The molecular formula is C22H20F2N2O4S. The van der Waals surface area contributed by atoms with Gasteiger partial charge in [-0.1, -0.05) is 0 Å². The van der Waals surface area contributed by atoms with Crippen LogP contribution in [-0.2, 0) is 6.42 Å². The quantitative estimate of drug-likeness (QED) is 0.550. The number of carbonyl (C=O) groups is 1. The first-order valence-electron chi connectivity index (χ1n) is 9.99. The molecule has 162 valence electrons. The summed E-state index contributed by atoms with van der Waals surface area (Å²) in [5.41, 5.74) is 7.41. The molecule has 1 atom stereocenters. The predicted octanol–water partition coefficient (Wildman–Crippen LogP) is 4.42. The monoisotopic (exact) mass is 446 g/mol. The Kier molecular flexibility index (Phi) is 4.46. The molecule has 0 aliphatic heterocycles. The summed E-state index contributed by atoms with van der Waals surface area (Å²) < 4.78 is 34.0. The Hall–Kier alpha value is -2.78. The number of benzene rings is 1. The van der Waals surface area contributed by atoms with Gasteiger partial charge in [-0.25, -0.2) is 13.6 Å². The summed E-state index contributed by atoms with van der Waals surface area (Å²) in [4.78, 5) is 28.7. The van der Waals surface area contributed by atoms with Gasteiger partial charge in [0.15, 0.2) is 5.75 Å². The topological polar surface area (TPSA) is 105 Å². The van der Waals surface area contributed by atoms with Crippen molar-refractivity contribution < 1.29 is 23.4 Å². The summed E-state index contributed by atoms with van der Waals surface area (Å²) in [7, 11) is 1.48. The van der Waals surface area contributed by atoms with Crippen LogP contribution in [0.2, 0.25) is 0 Å². The predicted molar refractivity (Wildman–Crippen MR) is 114 cm³/mol. The van der Waals surface area contributed by atoms with Gasteiger partial charge in [0.1, 0.15) is 5.56 Å². The number of carboxylic acid groups (broad SMARTS) is 1. The van der Waals surface area contributed by atoms with Crippen molar-refractivity contribution in [2.45, 2.75) is 43.6 Å². The van der Waals surface area contributed by atoms with E-state index in [4.69, 9.17) is 10.5 Å². The van der Waals surface area contributed by atoms with Crippen LogP contribution in [0, 0.1) is 0 Å². The van der Waals surface area contributed by atoms with E-state index in [1.54, 1.807) is 12.1 Å². The highest BCUT2D eigenvalue weighted by molar-refractivity contribution is 7.15. The van der Waals surface area contributed by atoms with Crippen molar-refractivity contribution in [1.29, 1.82) is 0 Å². The fraction of sp³-hybridized carbons (Fsp3) is 0.364. The van der Waals surface area contributed by atoms with Gasteiger partial charge in [-0.3, -0.25) is 4.79 Å². The van der Waals surface area contributed by atoms with Crippen LogP contribution in [0.25, 0.3) is 21.3 Å². The maximum Gasteiger partial charge on any atom is 0.341 e. The minimum absolute atomic E-state index is 0.204. The average Bonchev–Trinajstić information content (AvgIpc) is 3.48. The molecule has 1 aromatic carbocycles. The summed E-state index contributed by atoms with van der Waals surface area (Å²) in [5, 5.41) is 9.56. The number of halogens is 2. The molecular weight excluding hydrogens is 426 g/mol. The number of methoxy groups -OCH3 is 1. The van der Waals surface area contributed by atoms with Crippen molar-refractivity contribution in [2.24, 2.45) is 5.73 Å². The number of carboxylic acids is 1. The molecule has 0 bridgehead atoms. The number of hydrogen-bond acceptors (Lipinski definition) is 5. The standard InChI is InChI=1S/C22H20F2N2O4S/c1-30-19-16(15-7-11-14(31-15)4-5-22(23,24)20(11)25)10(9-2-3-9)6-12-17(19)26-8-13(18(12)27)21(28)29/h6-9,20H,2-5,25H2,1H3,(H,26,27)(H,28,29). The van der Waals surface area contributed by atoms with Crippen LogP contribution in [0.15, 0.2) is 23.1 Å². The van der Waals surface area contributed by atoms with E-state index < -0.39 is 23.4 Å². The van der Waals surface area contributed by atoms with Crippen molar-refractivity contribution in [1.82, 2.24) is 4.98 Å². The molecule has 4 N–H and O–H groups in total. The third kappa shape index (κ3) is 3.06. The molecule has 5 rings (SSSR count). The van der Waals surface area contributed by atoms with E-state index in [-0.39, 0.29) is 29.7 Å². The zero-order valence-corrected chi connectivity index (χ0v) is 17.4. The van der Waals surface area contributed by atoms with Crippen molar-refractivity contribution >= 4 is 28.2 Å². The SMILES string of the molecule is COc1c(-c2cc3c(s2)CCC(F)(F)C3N)c(C2CC2)cc2c(=O)c(C(=O)O)c[nH]c12. The molecule has 2 aromatic heterocycles. The molecule has 2 heterocycles. The fourth-order valence-electron chi connectivity index (χ4n) is 4.38. The molecule has 3 aromatic rings. The molecule has 0 saturated heterocycles. The number of aromatic nitrogens is 1. The van der Waals surface area contributed by atoms with Gasteiger partial charge >= 0.3 is 5.97 Å². The number of aryl methyl sites for hydroxylation is 1. The number of ether oxygens (including phenoxy) is 1. The molecule has 31 heavy (non-hydrogen) atoms. The second-order valence-electron chi connectivity index (χ2n) is 8.14. The summed E-state index contributed by atoms with van der Waals surface area (Å²) in [6.45, 7) is 0. The van der Waals surface area contributed by atoms with Gasteiger partial charge in [0.05, 0.1) is 24.1 Å². The zero-order chi connectivity index (χ0) is 22.1. The number of nitrogens with one attached hydrogen (secondary N) is 1. The molecule has 1 saturated carbocycles. The maximum absolute atomic E-state index is 14.2. The first kappa shape index (κ1) is 20.1. The van der Waals surface area contributed by atoms with Crippen LogP contribution in [-0.4, -0.2) is 29.1 Å². The number of H-pyrrole nitrogens is 1. The van der Waals surface area contributed by atoms with Crippen molar-refractivity contribution in [3.8, 4) is 16.2 Å². The molecule has 0 spiro atoms. The minimum Gasteiger partial charge on any atom is -0.494 e. The lowest BCUT2D eigenvalue weighted by Crippen LogP contribution is -2.36. The number of alkyl halides is 2. The van der Waals surface area contributed by atoms with E-state index in [1.807, 2.05) is 0 Å². The molecule has 0 amide bonds. The van der Waals surface area contributed by atoms with Gasteiger partial charge in [0.2, 0.25) is 5.43 Å². The summed E-state index contributed by atoms with van der Waals surface area (Å²) in [6.07, 6.45) is 3.00. The smallest absolute Gasteiger partial charge is 0.341 e. The number of hydrogen-bond donors (Lipinski definition) is 3. The van der Waals surface area contributed by atoms with E-state index >= 15 is 0 Å². The molecule has 2 aliphatic carbocycles. The van der Waals surface area contributed by atoms with E-state index in [0.29, 0.717) is 16.8 Å². The van der Waals surface area contributed by atoms with Gasteiger partial charge < -0.3 is 20.6 Å². The number of rotatable bonds is 4. The maximum atomic E-state index is 14.2. The third-order valence-corrected chi connectivity index (χ3v) is 7.41. The number of aromatic amines is 1. The van der Waals surface area contributed by atoms with Crippen LogP contribution in [0.4, 0.5) is 8.78 Å². The number of thiophene rings is 1. The highest BCUT2D eigenvalue weighted by Gasteiger charge is 2.43. The Morgan fingerprint density at radius 1 is 1.32 bits per heavy atom. The summed E-state index contributed by atoms with van der Waals surface area (Å²) in [5.74, 6) is -3.64. The normalized spacial score (nSPS) is 19.9. The lowest BCUT2D eigenvalue weighted by Gasteiger charge is -2.28. The molecule has 1 fully saturated rings. The van der Waals surface area contributed by atoms with Crippen LogP contribution in [0.1, 0.15) is 57.6 Å². The van der Waals surface area contributed by atoms with Crippen LogP contribution < -0.4 is 15.9 Å². The molecule has 6 nitrogen and oxygen atoms in total. The van der Waals surface area contributed by atoms with Crippen LogP contribution >= 0.6 is 11.3 Å². The van der Waals surface area contributed by atoms with Crippen LogP contribution in [0.3, 0.4) is 0 Å². The Balaban J connectivity index is 1.78. The number of nitrogens with two attached hydrogens (primary N) is 1. The van der Waals surface area contributed by atoms with Gasteiger partial charge in [-0.2, -0.15) is 0 Å². The lowest BCUT2D eigenvalue weighted by atomic mass is 9.90. The molecule has 2 aliphatic rings. The molecule has 0 radical (unpaired) electrons. The lowest BCUT2D eigenvalue weighted by molar-refractivity contribution is -0.0392. The Labute approximate surface area is 179 Å². The third-order valence-electron chi connectivity index (χ3n) is 6.18. The minimum atomic E-state index is -2.95. The molecule has 9 heteroatoms. The fourth-order valence-corrected chi connectivity index (χ4v) is 5.65. The Bertz CT molecular complexity index is 1290. The second kappa shape index (κ2) is 6.86. The van der Waals surface area contributed by atoms with Gasteiger partial charge in [-0.15, -0.1) is 11.3 Å². The highest BCUT2D eigenvalue weighted by atomic mass is 32.1. The van der Waals surface area contributed by atoms with Crippen molar-refractivity contribution in [3.05, 3.63) is 50.1 Å². The van der Waals surface area contributed by atoms with E-state index in [0.717, 1.165) is 39.9 Å². The van der Waals surface area contributed by atoms with E-state index in [2.05, 4.69) is 4.98 Å². The zero-order valence-electron chi connectivity index (χ0n) is 16.6. The second-order valence-corrected chi connectivity index (χ2v) is 9.27. The van der Waals surface area contributed by atoms with Crippen molar-refractivity contribution in [3.63, 3.8) is 0 Å². The van der Waals surface area contributed by atoms with E-state index in [1.165, 1.54) is 18.4 Å². The number of pyridine rings is 1. The number of aromatic carboxylic acids is 1. The highest BCUT2D eigenvalue weighted by Crippen LogP contribution is 2.53. The van der Waals surface area contributed by atoms with Gasteiger partial charge in [0, 0.05) is 27.9 Å². The first-order chi connectivity index (χ1) is 14.7. The van der Waals surface area contributed by atoms with Crippen molar-refractivity contribution in [2.75, 3.05) is 7.11 Å². The largest absolute Gasteiger partial charge is 0.494 e. The molecule has 1 unspecified atom stereocenters. The van der Waals surface area contributed by atoms with Crippen LogP contribution in [0.5, 0.6) is 5.75 Å². The van der Waals surface area contributed by atoms with Gasteiger partial charge in [-0.05, 0) is 48.4 Å².